The van der Waals surface area contributed by atoms with Gasteiger partial charge < -0.3 is 9.32 Å². The van der Waals surface area contributed by atoms with E-state index in [9.17, 15) is 22.4 Å². The molecule has 1 fully saturated rings. The maximum absolute atomic E-state index is 13.3. The van der Waals surface area contributed by atoms with Gasteiger partial charge in [-0.2, -0.15) is 13.2 Å². The Morgan fingerprint density at radius 1 is 1.22 bits per heavy atom. The van der Waals surface area contributed by atoms with Gasteiger partial charge in [-0.25, -0.2) is 4.39 Å². The average molecular weight is 378 g/mol. The number of halogens is 4. The molecule has 1 aliphatic heterocycles. The lowest BCUT2D eigenvalue weighted by atomic mass is 10.0. The van der Waals surface area contributed by atoms with Crippen molar-refractivity contribution in [1.82, 2.24) is 9.88 Å². The van der Waals surface area contributed by atoms with Gasteiger partial charge in [0.05, 0.1) is 29.6 Å². The first-order valence-electron chi connectivity index (χ1n) is 8.31. The lowest BCUT2D eigenvalue weighted by molar-refractivity contribution is -0.136. The van der Waals surface area contributed by atoms with E-state index in [0.29, 0.717) is 24.0 Å². The molecule has 27 heavy (non-hydrogen) atoms. The Kier molecular flexibility index (Phi) is 4.13. The number of carbonyl (C=O) groups excluding carboxylic acids is 1. The number of fused-ring (bicyclic) bond motifs is 1. The summed E-state index contributed by atoms with van der Waals surface area (Å²) in [4.78, 5) is 17.9. The SMILES string of the molecule is O=C(c1ccc(-c2cc(C(F)(F)F)c3occc3c2)nc1)N1CCC(F)C1. The first kappa shape index (κ1) is 17.5. The molecule has 4 rings (SSSR count). The Morgan fingerprint density at radius 2 is 2.04 bits per heavy atom. The van der Waals surface area contributed by atoms with Gasteiger partial charge in [-0.05, 0) is 36.8 Å². The fraction of sp³-hybridized carbons (Fsp3) is 0.263. The highest BCUT2D eigenvalue weighted by Crippen LogP contribution is 2.38. The van der Waals surface area contributed by atoms with Crippen LogP contribution in [0.5, 0.6) is 0 Å². The number of furan rings is 1. The second-order valence-corrected chi connectivity index (χ2v) is 6.43. The Bertz CT molecular complexity index is 995. The first-order chi connectivity index (χ1) is 12.8. The summed E-state index contributed by atoms with van der Waals surface area (Å²) in [6, 6.07) is 6.95. The average Bonchev–Trinajstić information content (AvgIpc) is 3.28. The fourth-order valence-corrected chi connectivity index (χ4v) is 3.22. The number of benzene rings is 1. The highest BCUT2D eigenvalue weighted by atomic mass is 19.4. The van der Waals surface area contributed by atoms with Crippen molar-refractivity contribution in [3.8, 4) is 11.3 Å². The molecule has 4 nitrogen and oxygen atoms in total. The lowest BCUT2D eigenvalue weighted by Gasteiger charge is -2.15. The maximum atomic E-state index is 13.3. The van der Waals surface area contributed by atoms with Crippen LogP contribution in [0.4, 0.5) is 17.6 Å². The summed E-state index contributed by atoms with van der Waals surface area (Å²) in [7, 11) is 0. The fourth-order valence-electron chi connectivity index (χ4n) is 3.22. The predicted molar refractivity (Wildman–Crippen MR) is 89.9 cm³/mol. The van der Waals surface area contributed by atoms with Crippen LogP contribution in [0.3, 0.4) is 0 Å². The van der Waals surface area contributed by atoms with Crippen LogP contribution in [0, 0.1) is 0 Å². The quantitative estimate of drug-likeness (QED) is 0.608. The van der Waals surface area contributed by atoms with E-state index in [-0.39, 0.29) is 29.2 Å². The summed E-state index contributed by atoms with van der Waals surface area (Å²) >= 11 is 0. The number of pyridine rings is 1. The molecule has 1 atom stereocenters. The van der Waals surface area contributed by atoms with E-state index in [1.54, 1.807) is 6.07 Å². The zero-order chi connectivity index (χ0) is 19.2. The summed E-state index contributed by atoms with van der Waals surface area (Å²) in [5.74, 6) is -0.338. The van der Waals surface area contributed by atoms with Crippen LogP contribution < -0.4 is 0 Å². The number of likely N-dealkylation sites (tertiary alicyclic amines) is 1. The Hall–Kier alpha value is -2.90. The van der Waals surface area contributed by atoms with Crippen LogP contribution in [-0.2, 0) is 6.18 Å². The number of rotatable bonds is 2. The van der Waals surface area contributed by atoms with Gasteiger partial charge in [0.25, 0.3) is 5.91 Å². The van der Waals surface area contributed by atoms with Crippen LogP contribution in [-0.4, -0.2) is 35.1 Å². The number of carbonyl (C=O) groups is 1. The molecule has 1 aromatic carbocycles. The van der Waals surface area contributed by atoms with Gasteiger partial charge >= 0.3 is 6.18 Å². The third kappa shape index (κ3) is 3.27. The van der Waals surface area contributed by atoms with Crippen molar-refractivity contribution in [2.24, 2.45) is 0 Å². The normalized spacial score (nSPS) is 17.6. The van der Waals surface area contributed by atoms with E-state index in [1.807, 2.05) is 0 Å². The molecule has 2 aromatic heterocycles. The van der Waals surface area contributed by atoms with Crippen molar-refractivity contribution in [3.63, 3.8) is 0 Å². The van der Waals surface area contributed by atoms with Crippen LogP contribution in [0.2, 0.25) is 0 Å². The summed E-state index contributed by atoms with van der Waals surface area (Å²) in [5.41, 5.74) is -0.278. The summed E-state index contributed by atoms with van der Waals surface area (Å²) in [5, 5.41) is 0.313. The minimum atomic E-state index is -4.57. The Balaban J connectivity index is 1.67. The van der Waals surface area contributed by atoms with Crippen molar-refractivity contribution in [2.45, 2.75) is 18.8 Å². The number of hydrogen-bond acceptors (Lipinski definition) is 3. The summed E-state index contributed by atoms with van der Waals surface area (Å²) in [6.45, 7) is 0.389. The second kappa shape index (κ2) is 6.37. The van der Waals surface area contributed by atoms with E-state index in [0.717, 1.165) is 6.07 Å². The molecule has 0 N–H and O–H groups in total. The molecule has 1 saturated heterocycles. The molecule has 0 aliphatic carbocycles. The molecule has 1 amide bonds. The van der Waals surface area contributed by atoms with Gasteiger partial charge in [-0.15, -0.1) is 0 Å². The summed E-state index contributed by atoms with van der Waals surface area (Å²) < 4.78 is 58.1. The monoisotopic (exact) mass is 378 g/mol. The number of nitrogens with zero attached hydrogens (tertiary/aromatic N) is 2. The predicted octanol–water partition coefficient (Wildman–Crippen LogP) is 4.70. The molecular weight excluding hydrogens is 364 g/mol. The molecule has 0 spiro atoms. The highest BCUT2D eigenvalue weighted by Gasteiger charge is 2.35. The van der Waals surface area contributed by atoms with Crippen molar-refractivity contribution in [2.75, 3.05) is 13.1 Å². The van der Waals surface area contributed by atoms with E-state index in [1.165, 1.54) is 35.6 Å². The first-order valence-corrected chi connectivity index (χ1v) is 8.31. The molecule has 3 heterocycles. The molecule has 1 aliphatic rings. The molecule has 0 radical (unpaired) electrons. The number of amides is 1. The zero-order valence-corrected chi connectivity index (χ0v) is 14.0. The van der Waals surface area contributed by atoms with Crippen molar-refractivity contribution in [3.05, 3.63) is 53.9 Å². The number of aromatic nitrogens is 1. The van der Waals surface area contributed by atoms with Gasteiger partial charge in [0.15, 0.2) is 0 Å². The molecule has 3 aromatic rings. The molecular formula is C19H14F4N2O2. The Morgan fingerprint density at radius 3 is 2.67 bits per heavy atom. The topological polar surface area (TPSA) is 46.3 Å². The van der Waals surface area contributed by atoms with Crippen LogP contribution in [0.25, 0.3) is 22.2 Å². The van der Waals surface area contributed by atoms with Crippen molar-refractivity contribution < 1.29 is 26.8 Å². The van der Waals surface area contributed by atoms with Gasteiger partial charge in [-0.1, -0.05) is 0 Å². The number of hydrogen-bond donors (Lipinski definition) is 0. The molecule has 1 unspecified atom stereocenters. The minimum absolute atomic E-state index is 0.0483. The van der Waals surface area contributed by atoms with E-state index >= 15 is 0 Å². The Labute approximate surface area is 151 Å². The minimum Gasteiger partial charge on any atom is -0.464 e. The zero-order valence-electron chi connectivity index (χ0n) is 14.0. The molecule has 8 heteroatoms. The van der Waals surface area contributed by atoms with Gasteiger partial charge in [0.1, 0.15) is 11.8 Å². The molecule has 0 saturated carbocycles. The van der Waals surface area contributed by atoms with Gasteiger partial charge in [0.2, 0.25) is 0 Å². The third-order valence-corrected chi connectivity index (χ3v) is 4.58. The van der Waals surface area contributed by atoms with E-state index < -0.39 is 17.9 Å². The van der Waals surface area contributed by atoms with Crippen molar-refractivity contribution >= 4 is 16.9 Å². The van der Waals surface area contributed by atoms with Crippen LogP contribution in [0.15, 0.2) is 47.2 Å². The van der Waals surface area contributed by atoms with Crippen LogP contribution in [0.1, 0.15) is 22.3 Å². The second-order valence-electron chi connectivity index (χ2n) is 6.43. The van der Waals surface area contributed by atoms with Crippen LogP contribution >= 0.6 is 0 Å². The maximum Gasteiger partial charge on any atom is 0.420 e. The van der Waals surface area contributed by atoms with E-state index in [2.05, 4.69) is 4.98 Å². The lowest BCUT2D eigenvalue weighted by Crippen LogP contribution is -2.29. The smallest absolute Gasteiger partial charge is 0.420 e. The van der Waals surface area contributed by atoms with E-state index in [4.69, 9.17) is 4.42 Å². The largest absolute Gasteiger partial charge is 0.464 e. The standard InChI is InChI=1S/C19H14F4N2O2/c20-14-3-5-25(10-14)18(26)12-1-2-16(24-9-12)13-7-11-4-6-27-17(11)15(8-13)19(21,22)23/h1-2,4,6-9,14H,3,5,10H2. The molecule has 0 bridgehead atoms. The summed E-state index contributed by atoms with van der Waals surface area (Å²) in [6.07, 6.45) is -2.78. The number of alkyl halides is 4. The molecule has 140 valence electrons. The van der Waals surface area contributed by atoms with Gasteiger partial charge in [0, 0.05) is 23.7 Å². The van der Waals surface area contributed by atoms with Crippen molar-refractivity contribution in [1.29, 1.82) is 0 Å². The third-order valence-electron chi connectivity index (χ3n) is 4.58. The van der Waals surface area contributed by atoms with Gasteiger partial charge in [-0.3, -0.25) is 9.78 Å². The highest BCUT2D eigenvalue weighted by molar-refractivity contribution is 5.94.